The molecule has 0 aliphatic heterocycles. The molecule has 8 nitrogen and oxygen atoms in total. The van der Waals surface area contributed by atoms with Gasteiger partial charge in [-0.2, -0.15) is 5.10 Å². The van der Waals surface area contributed by atoms with Crippen LogP contribution >= 0.6 is 11.6 Å². The molecule has 142 valence electrons. The lowest BCUT2D eigenvalue weighted by molar-refractivity contribution is -0.136. The monoisotopic (exact) mass is 391 g/mol. The largest absolute Gasteiger partial charge is 0.493 e. The third-order valence-electron chi connectivity index (χ3n) is 3.41. The zero-order valence-corrected chi connectivity index (χ0v) is 15.7. The molecule has 2 rings (SSSR count). The van der Waals surface area contributed by atoms with Crippen molar-refractivity contribution in [3.05, 3.63) is 47.0 Å². The average molecular weight is 392 g/mol. The first kappa shape index (κ1) is 20.1. The second-order valence-electron chi connectivity index (χ2n) is 5.08. The van der Waals surface area contributed by atoms with Crippen LogP contribution in [0.2, 0.25) is 5.02 Å². The minimum atomic E-state index is -0.930. The number of anilines is 1. The van der Waals surface area contributed by atoms with Gasteiger partial charge in [-0.3, -0.25) is 9.59 Å². The number of halogens is 1. The van der Waals surface area contributed by atoms with Crippen LogP contribution in [-0.4, -0.2) is 39.4 Å². The van der Waals surface area contributed by atoms with Crippen molar-refractivity contribution in [1.29, 1.82) is 0 Å². The number of hydrogen-bond donors (Lipinski definition) is 2. The molecule has 27 heavy (non-hydrogen) atoms. The number of carbonyl (C=O) groups excluding carboxylic acids is 2. The first-order valence-electron chi connectivity index (χ1n) is 7.69. The van der Waals surface area contributed by atoms with Gasteiger partial charge >= 0.3 is 11.8 Å². The molecule has 0 bridgehead atoms. The molecule has 0 saturated heterocycles. The van der Waals surface area contributed by atoms with Gasteiger partial charge < -0.3 is 19.5 Å². The van der Waals surface area contributed by atoms with E-state index in [9.17, 15) is 9.59 Å². The fourth-order valence-electron chi connectivity index (χ4n) is 2.16. The summed E-state index contributed by atoms with van der Waals surface area (Å²) in [5.41, 5.74) is 3.10. The van der Waals surface area contributed by atoms with Gasteiger partial charge in [0.15, 0.2) is 11.5 Å². The van der Waals surface area contributed by atoms with Crippen LogP contribution in [0.4, 0.5) is 5.69 Å². The Bertz CT molecular complexity index is 853. The summed E-state index contributed by atoms with van der Waals surface area (Å²) < 4.78 is 15.8. The molecule has 0 atom stereocenters. The van der Waals surface area contributed by atoms with Gasteiger partial charge in [0.25, 0.3) is 0 Å². The Morgan fingerprint density at radius 3 is 2.19 bits per heavy atom. The van der Waals surface area contributed by atoms with E-state index in [0.29, 0.717) is 33.5 Å². The molecule has 0 radical (unpaired) electrons. The van der Waals surface area contributed by atoms with E-state index in [1.807, 2.05) is 0 Å². The van der Waals surface area contributed by atoms with Crippen molar-refractivity contribution in [1.82, 2.24) is 5.43 Å². The zero-order chi connectivity index (χ0) is 19.8. The lowest BCUT2D eigenvalue weighted by Gasteiger charge is -2.13. The predicted molar refractivity (Wildman–Crippen MR) is 102 cm³/mol. The lowest BCUT2D eigenvalue weighted by Crippen LogP contribution is -2.32. The maximum atomic E-state index is 11.9. The number of hydrogen-bond acceptors (Lipinski definition) is 6. The maximum absolute atomic E-state index is 11.9. The fourth-order valence-corrected chi connectivity index (χ4v) is 2.28. The summed E-state index contributed by atoms with van der Waals surface area (Å²) in [6, 6.07) is 9.67. The molecule has 2 N–H and O–H groups in total. The van der Waals surface area contributed by atoms with Crippen molar-refractivity contribution in [2.45, 2.75) is 0 Å². The van der Waals surface area contributed by atoms with Gasteiger partial charge in [0.1, 0.15) is 0 Å². The standard InChI is InChI=1S/C18H18ClN3O5/c1-25-14-9-4-11(15(26-2)16(14)27-3)10-20-22-18(24)17(23)21-13-7-5-12(19)6-8-13/h4-10H,1-3H3,(H,21,23)(H,22,24)/b20-10-. The SMILES string of the molecule is COc1ccc(/C=N\NC(=O)C(=O)Nc2ccc(Cl)cc2)c(OC)c1OC. The molecule has 2 aromatic carbocycles. The second-order valence-corrected chi connectivity index (χ2v) is 5.52. The molecule has 2 aromatic rings. The highest BCUT2D eigenvalue weighted by Crippen LogP contribution is 2.38. The molecule has 0 heterocycles. The van der Waals surface area contributed by atoms with Crippen LogP contribution in [-0.2, 0) is 9.59 Å². The highest BCUT2D eigenvalue weighted by atomic mass is 35.5. The van der Waals surface area contributed by atoms with Gasteiger partial charge in [0.2, 0.25) is 5.75 Å². The van der Waals surface area contributed by atoms with Crippen LogP contribution in [0.5, 0.6) is 17.2 Å². The Morgan fingerprint density at radius 2 is 1.59 bits per heavy atom. The molecule has 2 amide bonds. The van der Waals surface area contributed by atoms with Crippen molar-refractivity contribution >= 4 is 35.3 Å². The van der Waals surface area contributed by atoms with Crippen LogP contribution in [0.15, 0.2) is 41.5 Å². The summed E-state index contributed by atoms with van der Waals surface area (Å²) in [5.74, 6) is -0.552. The Morgan fingerprint density at radius 1 is 0.926 bits per heavy atom. The summed E-state index contributed by atoms with van der Waals surface area (Å²) in [6.45, 7) is 0. The number of amides is 2. The molecular weight excluding hydrogens is 374 g/mol. The Kier molecular flexibility index (Phi) is 7.01. The third-order valence-corrected chi connectivity index (χ3v) is 3.66. The van der Waals surface area contributed by atoms with E-state index in [0.717, 1.165) is 0 Å². The summed E-state index contributed by atoms with van der Waals surface area (Å²) in [6.07, 6.45) is 1.33. The molecule has 0 unspecified atom stereocenters. The summed E-state index contributed by atoms with van der Waals surface area (Å²) in [7, 11) is 4.45. The number of rotatable bonds is 6. The quantitative estimate of drug-likeness (QED) is 0.447. The predicted octanol–water partition coefficient (Wildman–Crippen LogP) is 2.45. The molecule has 9 heteroatoms. The number of ether oxygens (including phenoxy) is 3. The van der Waals surface area contributed by atoms with Crippen molar-refractivity contribution in [2.75, 3.05) is 26.6 Å². The summed E-state index contributed by atoms with van der Waals surface area (Å²) >= 11 is 5.76. The van der Waals surface area contributed by atoms with E-state index in [2.05, 4.69) is 15.8 Å². The number of carbonyl (C=O) groups is 2. The molecule has 0 aromatic heterocycles. The minimum absolute atomic E-state index is 0.375. The number of methoxy groups -OCH3 is 3. The average Bonchev–Trinajstić information content (AvgIpc) is 2.68. The molecule has 0 aliphatic rings. The highest BCUT2D eigenvalue weighted by molar-refractivity contribution is 6.39. The second kappa shape index (κ2) is 9.44. The number of benzene rings is 2. The highest BCUT2D eigenvalue weighted by Gasteiger charge is 2.15. The Labute approximate surface area is 161 Å². The van der Waals surface area contributed by atoms with Crippen LogP contribution in [0.3, 0.4) is 0 Å². The fraction of sp³-hybridized carbons (Fsp3) is 0.167. The third kappa shape index (κ3) is 5.11. The topological polar surface area (TPSA) is 98.2 Å². The van der Waals surface area contributed by atoms with E-state index in [1.165, 1.54) is 27.5 Å². The van der Waals surface area contributed by atoms with Crippen molar-refractivity contribution in [3.63, 3.8) is 0 Å². The van der Waals surface area contributed by atoms with Gasteiger partial charge in [-0.1, -0.05) is 11.6 Å². The van der Waals surface area contributed by atoms with Gasteiger partial charge in [-0.05, 0) is 36.4 Å². The van der Waals surface area contributed by atoms with Crippen molar-refractivity contribution in [3.8, 4) is 17.2 Å². The molecule has 0 saturated carbocycles. The van der Waals surface area contributed by atoms with Crippen LogP contribution in [0.1, 0.15) is 5.56 Å². The van der Waals surface area contributed by atoms with E-state index in [-0.39, 0.29) is 0 Å². The number of nitrogens with zero attached hydrogens (tertiary/aromatic N) is 1. The number of nitrogens with one attached hydrogen (secondary N) is 2. The summed E-state index contributed by atoms with van der Waals surface area (Å²) in [5, 5.41) is 6.72. The lowest BCUT2D eigenvalue weighted by atomic mass is 10.2. The summed E-state index contributed by atoms with van der Waals surface area (Å²) in [4.78, 5) is 23.7. The van der Waals surface area contributed by atoms with E-state index in [1.54, 1.807) is 36.4 Å². The molecule has 0 aliphatic carbocycles. The van der Waals surface area contributed by atoms with Crippen LogP contribution in [0, 0.1) is 0 Å². The minimum Gasteiger partial charge on any atom is -0.493 e. The van der Waals surface area contributed by atoms with E-state index < -0.39 is 11.8 Å². The number of hydrazone groups is 1. The smallest absolute Gasteiger partial charge is 0.329 e. The van der Waals surface area contributed by atoms with Gasteiger partial charge in [-0.15, -0.1) is 0 Å². The first-order chi connectivity index (χ1) is 13.0. The van der Waals surface area contributed by atoms with Crippen LogP contribution < -0.4 is 25.0 Å². The first-order valence-corrected chi connectivity index (χ1v) is 8.06. The van der Waals surface area contributed by atoms with E-state index in [4.69, 9.17) is 25.8 Å². The molecule has 0 spiro atoms. The maximum Gasteiger partial charge on any atom is 0.329 e. The van der Waals surface area contributed by atoms with Crippen molar-refractivity contribution in [2.24, 2.45) is 5.10 Å². The molecular formula is C18H18ClN3O5. The van der Waals surface area contributed by atoms with Gasteiger partial charge in [-0.25, -0.2) is 5.43 Å². The van der Waals surface area contributed by atoms with E-state index >= 15 is 0 Å². The van der Waals surface area contributed by atoms with Crippen molar-refractivity contribution < 1.29 is 23.8 Å². The van der Waals surface area contributed by atoms with Crippen LogP contribution in [0.25, 0.3) is 0 Å². The van der Waals surface area contributed by atoms with Gasteiger partial charge in [0.05, 0.1) is 27.5 Å². The van der Waals surface area contributed by atoms with Gasteiger partial charge in [0, 0.05) is 16.3 Å². The normalized spacial score (nSPS) is 10.4. The Hall–Kier alpha value is -3.26. The Balaban J connectivity index is 2.05. The zero-order valence-electron chi connectivity index (χ0n) is 14.9. The molecule has 0 fully saturated rings.